The van der Waals surface area contributed by atoms with E-state index in [1.807, 2.05) is 12.1 Å². The van der Waals surface area contributed by atoms with Crippen LogP contribution in [0.25, 0.3) is 0 Å². The summed E-state index contributed by atoms with van der Waals surface area (Å²) in [4.78, 5) is 12.6. The summed E-state index contributed by atoms with van der Waals surface area (Å²) < 4.78 is 5.73. The maximum absolute atomic E-state index is 12.6. The van der Waals surface area contributed by atoms with Crippen molar-refractivity contribution in [1.82, 2.24) is 0 Å². The van der Waals surface area contributed by atoms with Crippen LogP contribution in [0.3, 0.4) is 0 Å². The van der Waals surface area contributed by atoms with E-state index in [1.165, 1.54) is 76.2 Å². The van der Waals surface area contributed by atoms with Gasteiger partial charge in [0.2, 0.25) is 0 Å². The van der Waals surface area contributed by atoms with Crippen LogP contribution in [0.5, 0.6) is 5.75 Å². The van der Waals surface area contributed by atoms with Crippen LogP contribution < -0.4 is 4.74 Å². The summed E-state index contributed by atoms with van der Waals surface area (Å²) in [5.41, 5.74) is 1.42. The first-order valence-corrected chi connectivity index (χ1v) is 12.0. The highest BCUT2D eigenvalue weighted by molar-refractivity contribution is 5.75. The van der Waals surface area contributed by atoms with Gasteiger partial charge in [-0.05, 0) is 86.8 Å². The third-order valence-electron chi connectivity index (χ3n) is 7.39. The van der Waals surface area contributed by atoms with Crippen LogP contribution in [-0.2, 0) is 4.79 Å². The summed E-state index contributed by atoms with van der Waals surface area (Å²) in [5, 5.41) is 0. The smallest absolute Gasteiger partial charge is 0.314 e. The molecule has 2 nitrogen and oxygen atoms in total. The van der Waals surface area contributed by atoms with Gasteiger partial charge in [-0.25, -0.2) is 0 Å². The van der Waals surface area contributed by atoms with E-state index in [-0.39, 0.29) is 11.9 Å². The minimum Gasteiger partial charge on any atom is -0.426 e. The largest absolute Gasteiger partial charge is 0.426 e. The number of hydrogen-bond acceptors (Lipinski definition) is 2. The maximum Gasteiger partial charge on any atom is 0.314 e. The van der Waals surface area contributed by atoms with Gasteiger partial charge >= 0.3 is 5.97 Å². The number of carbonyl (C=O) groups excluding carboxylic acids is 1. The van der Waals surface area contributed by atoms with Crippen LogP contribution in [0, 0.1) is 17.8 Å². The minimum absolute atomic E-state index is 0.0109. The normalized spacial score (nSPS) is 28.1. The van der Waals surface area contributed by atoms with Crippen molar-refractivity contribution in [3.8, 4) is 5.75 Å². The molecule has 156 valence electrons. The quantitative estimate of drug-likeness (QED) is 0.261. The Labute approximate surface area is 172 Å². The van der Waals surface area contributed by atoms with Crippen molar-refractivity contribution in [3.63, 3.8) is 0 Å². The van der Waals surface area contributed by atoms with Gasteiger partial charge in [0, 0.05) is 0 Å². The fraction of sp³-hybridized carbons (Fsp3) is 0.731. The van der Waals surface area contributed by atoms with Gasteiger partial charge in [0.05, 0.1) is 5.92 Å². The molecule has 0 unspecified atom stereocenters. The van der Waals surface area contributed by atoms with Gasteiger partial charge in [-0.1, -0.05) is 58.1 Å². The van der Waals surface area contributed by atoms with Crippen molar-refractivity contribution < 1.29 is 9.53 Å². The summed E-state index contributed by atoms with van der Waals surface area (Å²) in [6, 6.07) is 8.39. The molecule has 3 rings (SSSR count). The SMILES string of the molecule is CCCCCC1CCC(C(=O)Oc2ccc(C3CCC(CC)CC3)cc2)CC1. The first-order valence-electron chi connectivity index (χ1n) is 12.0. The van der Waals surface area contributed by atoms with Crippen molar-refractivity contribution in [2.75, 3.05) is 0 Å². The molecular weight excluding hydrogens is 344 g/mol. The first kappa shape index (κ1) is 21.4. The van der Waals surface area contributed by atoms with Crippen molar-refractivity contribution in [2.24, 2.45) is 17.8 Å². The van der Waals surface area contributed by atoms with E-state index >= 15 is 0 Å². The van der Waals surface area contributed by atoms with Crippen LogP contribution in [0.15, 0.2) is 24.3 Å². The molecule has 0 radical (unpaired) electrons. The Bertz CT molecular complexity index is 575. The second kappa shape index (κ2) is 11.0. The van der Waals surface area contributed by atoms with Crippen LogP contribution in [0.4, 0.5) is 0 Å². The van der Waals surface area contributed by atoms with E-state index in [1.54, 1.807) is 0 Å². The second-order valence-corrected chi connectivity index (χ2v) is 9.33. The van der Waals surface area contributed by atoms with Crippen LogP contribution in [-0.4, -0.2) is 5.97 Å². The molecule has 0 atom stereocenters. The molecule has 2 aliphatic carbocycles. The van der Waals surface area contributed by atoms with Crippen LogP contribution in [0.2, 0.25) is 0 Å². The van der Waals surface area contributed by atoms with Gasteiger partial charge < -0.3 is 4.74 Å². The first-order chi connectivity index (χ1) is 13.7. The Morgan fingerprint density at radius 1 is 0.857 bits per heavy atom. The molecule has 0 bridgehead atoms. The van der Waals surface area contributed by atoms with Gasteiger partial charge in [0.25, 0.3) is 0 Å². The number of hydrogen-bond donors (Lipinski definition) is 0. The second-order valence-electron chi connectivity index (χ2n) is 9.33. The van der Waals surface area contributed by atoms with E-state index < -0.39 is 0 Å². The minimum atomic E-state index is -0.0109. The maximum atomic E-state index is 12.6. The molecule has 2 heteroatoms. The summed E-state index contributed by atoms with van der Waals surface area (Å²) in [6.07, 6.45) is 16.4. The predicted molar refractivity (Wildman–Crippen MR) is 117 cm³/mol. The molecule has 0 aliphatic heterocycles. The lowest BCUT2D eigenvalue weighted by Crippen LogP contribution is -2.25. The van der Waals surface area contributed by atoms with E-state index in [2.05, 4.69) is 26.0 Å². The van der Waals surface area contributed by atoms with Gasteiger partial charge in [0.1, 0.15) is 5.75 Å². The van der Waals surface area contributed by atoms with Crippen molar-refractivity contribution in [2.45, 2.75) is 103 Å². The van der Waals surface area contributed by atoms with Gasteiger partial charge in [0.15, 0.2) is 0 Å². The molecule has 2 fully saturated rings. The average molecular weight is 385 g/mol. The number of esters is 1. The number of carbonyl (C=O) groups is 1. The molecule has 0 amide bonds. The summed E-state index contributed by atoms with van der Waals surface area (Å²) in [5.74, 6) is 3.27. The van der Waals surface area contributed by atoms with Gasteiger partial charge in [-0.3, -0.25) is 4.79 Å². The van der Waals surface area contributed by atoms with Crippen molar-refractivity contribution in [3.05, 3.63) is 29.8 Å². The van der Waals surface area contributed by atoms with Gasteiger partial charge in [-0.2, -0.15) is 0 Å². The Kier molecular flexibility index (Phi) is 8.43. The summed E-state index contributed by atoms with van der Waals surface area (Å²) >= 11 is 0. The third kappa shape index (κ3) is 6.09. The lowest BCUT2D eigenvalue weighted by atomic mass is 9.78. The van der Waals surface area contributed by atoms with E-state index in [9.17, 15) is 4.79 Å². The Morgan fingerprint density at radius 2 is 1.50 bits per heavy atom. The molecule has 28 heavy (non-hydrogen) atoms. The van der Waals surface area contributed by atoms with Crippen molar-refractivity contribution >= 4 is 5.97 Å². The van der Waals surface area contributed by atoms with Crippen LogP contribution >= 0.6 is 0 Å². The topological polar surface area (TPSA) is 26.3 Å². The Balaban J connectivity index is 1.42. The third-order valence-corrected chi connectivity index (χ3v) is 7.39. The fourth-order valence-corrected chi connectivity index (χ4v) is 5.28. The van der Waals surface area contributed by atoms with Gasteiger partial charge in [-0.15, -0.1) is 0 Å². The highest BCUT2D eigenvalue weighted by atomic mass is 16.5. The molecular formula is C26H40O2. The zero-order valence-corrected chi connectivity index (χ0v) is 18.1. The molecule has 2 aliphatic rings. The fourth-order valence-electron chi connectivity index (χ4n) is 5.28. The molecule has 0 N–H and O–H groups in total. The molecule has 1 aromatic carbocycles. The molecule has 0 heterocycles. The summed E-state index contributed by atoms with van der Waals surface area (Å²) in [6.45, 7) is 4.57. The average Bonchev–Trinajstić information content (AvgIpc) is 2.75. The number of unbranched alkanes of at least 4 members (excludes halogenated alkanes) is 2. The zero-order chi connectivity index (χ0) is 19.8. The van der Waals surface area contributed by atoms with E-state index in [0.717, 1.165) is 30.4 Å². The standard InChI is InChI=1S/C26H40O2/c1-3-5-6-7-21-10-14-24(15-11-21)26(27)28-25-18-16-23(17-19-25)22-12-8-20(4-2)9-13-22/h16-22,24H,3-15H2,1-2H3. The number of rotatable bonds is 8. The number of benzene rings is 1. The van der Waals surface area contributed by atoms with Crippen LogP contribution in [0.1, 0.15) is 109 Å². The molecule has 0 saturated heterocycles. The monoisotopic (exact) mass is 384 g/mol. The molecule has 2 saturated carbocycles. The lowest BCUT2D eigenvalue weighted by Gasteiger charge is -2.28. The molecule has 1 aromatic rings. The lowest BCUT2D eigenvalue weighted by molar-refractivity contribution is -0.140. The highest BCUT2D eigenvalue weighted by Gasteiger charge is 2.27. The van der Waals surface area contributed by atoms with Crippen molar-refractivity contribution in [1.29, 1.82) is 0 Å². The Hall–Kier alpha value is -1.31. The van der Waals surface area contributed by atoms with E-state index in [4.69, 9.17) is 4.74 Å². The summed E-state index contributed by atoms with van der Waals surface area (Å²) in [7, 11) is 0. The Morgan fingerprint density at radius 3 is 2.11 bits per heavy atom. The predicted octanol–water partition coefficient (Wildman–Crippen LogP) is 7.66. The zero-order valence-electron chi connectivity index (χ0n) is 18.1. The molecule has 0 aromatic heterocycles. The van der Waals surface area contributed by atoms with E-state index in [0.29, 0.717) is 5.92 Å². The highest BCUT2D eigenvalue weighted by Crippen LogP contribution is 2.37. The molecule has 0 spiro atoms. The number of ether oxygens (including phenoxy) is 1.